The van der Waals surface area contributed by atoms with Gasteiger partial charge in [-0.05, 0) is 36.6 Å². The monoisotopic (exact) mass is 366 g/mol. The lowest BCUT2D eigenvalue weighted by atomic mass is 10.1. The van der Waals surface area contributed by atoms with Crippen molar-refractivity contribution in [2.45, 2.75) is 20.0 Å². The van der Waals surface area contributed by atoms with Crippen molar-refractivity contribution >= 4 is 17.2 Å². The molecule has 3 aromatic rings. The van der Waals surface area contributed by atoms with E-state index < -0.39 is 0 Å². The maximum atomic E-state index is 12.3. The van der Waals surface area contributed by atoms with Crippen molar-refractivity contribution in [2.24, 2.45) is 0 Å². The predicted octanol–water partition coefficient (Wildman–Crippen LogP) is 4.24. The van der Waals surface area contributed by atoms with Crippen molar-refractivity contribution < 1.29 is 9.53 Å². The Labute approximate surface area is 157 Å². The van der Waals surface area contributed by atoms with E-state index in [1.54, 1.807) is 18.4 Å². The molecule has 1 amide bonds. The number of carbonyl (C=O) groups excluding carboxylic acids is 1. The lowest BCUT2D eigenvalue weighted by Crippen LogP contribution is -2.25. The molecule has 1 N–H and O–H groups in total. The van der Waals surface area contributed by atoms with E-state index in [-0.39, 0.29) is 5.91 Å². The van der Waals surface area contributed by atoms with Crippen LogP contribution >= 0.6 is 11.3 Å². The van der Waals surface area contributed by atoms with Gasteiger partial charge in [-0.3, -0.25) is 4.79 Å². The highest BCUT2D eigenvalue weighted by Gasteiger charge is 2.06. The number of methoxy groups -OCH3 is 1. The second kappa shape index (κ2) is 8.74. The van der Waals surface area contributed by atoms with Gasteiger partial charge in [-0.2, -0.15) is 0 Å². The van der Waals surface area contributed by atoms with E-state index in [0.29, 0.717) is 18.7 Å². The number of rotatable bonds is 7. The molecule has 0 fully saturated rings. The number of hydrogen-bond acceptors (Lipinski definition) is 4. The Hall–Kier alpha value is -2.50. The minimum absolute atomic E-state index is 0.0579. The van der Waals surface area contributed by atoms with Crippen molar-refractivity contribution in [1.29, 1.82) is 0 Å². The average Bonchev–Trinajstić information content (AvgIpc) is 3.09. The molecule has 0 radical (unpaired) electrons. The summed E-state index contributed by atoms with van der Waals surface area (Å²) in [6.07, 6.45) is 0.792. The number of ether oxygens (including phenoxy) is 1. The number of nitrogens with zero attached hydrogens (tertiary/aromatic N) is 1. The number of benzene rings is 2. The van der Waals surface area contributed by atoms with Crippen LogP contribution in [0, 0.1) is 6.92 Å². The SMILES string of the molecule is COCc1cccc(C(=O)NCCc2ccc(-c3csc(C)n3)cc2)c1. The minimum Gasteiger partial charge on any atom is -0.380 e. The normalized spacial score (nSPS) is 10.7. The van der Waals surface area contributed by atoms with Crippen molar-refractivity contribution in [3.05, 3.63) is 75.6 Å². The van der Waals surface area contributed by atoms with Gasteiger partial charge in [0.1, 0.15) is 0 Å². The van der Waals surface area contributed by atoms with Crippen LogP contribution in [0.3, 0.4) is 0 Å². The summed E-state index contributed by atoms with van der Waals surface area (Å²) >= 11 is 1.66. The summed E-state index contributed by atoms with van der Waals surface area (Å²) in [4.78, 5) is 16.8. The molecule has 1 heterocycles. The molecule has 3 rings (SSSR count). The van der Waals surface area contributed by atoms with Gasteiger partial charge < -0.3 is 10.1 Å². The third-order valence-electron chi connectivity index (χ3n) is 4.07. The molecule has 0 saturated heterocycles. The van der Waals surface area contributed by atoms with Gasteiger partial charge in [0.2, 0.25) is 0 Å². The molecule has 134 valence electrons. The van der Waals surface area contributed by atoms with Gasteiger partial charge in [-0.25, -0.2) is 4.98 Å². The van der Waals surface area contributed by atoms with Gasteiger partial charge >= 0.3 is 0 Å². The van der Waals surface area contributed by atoms with Crippen LogP contribution < -0.4 is 5.32 Å². The zero-order valence-corrected chi connectivity index (χ0v) is 15.8. The number of amides is 1. The van der Waals surface area contributed by atoms with Crippen LogP contribution in [0.1, 0.15) is 26.5 Å². The van der Waals surface area contributed by atoms with Gasteiger partial charge in [0.05, 0.1) is 17.3 Å². The predicted molar refractivity (Wildman–Crippen MR) is 105 cm³/mol. The number of hydrogen-bond donors (Lipinski definition) is 1. The first kappa shape index (κ1) is 18.3. The van der Waals surface area contributed by atoms with E-state index in [1.165, 1.54) is 5.56 Å². The molecule has 0 bridgehead atoms. The van der Waals surface area contributed by atoms with Crippen LogP contribution in [0.15, 0.2) is 53.9 Å². The minimum atomic E-state index is -0.0579. The summed E-state index contributed by atoms with van der Waals surface area (Å²) in [6.45, 7) is 3.12. The fourth-order valence-corrected chi connectivity index (χ4v) is 3.35. The second-order valence-electron chi connectivity index (χ2n) is 6.09. The third kappa shape index (κ3) is 4.77. The molecule has 0 aliphatic heterocycles. The Morgan fingerprint density at radius 3 is 2.65 bits per heavy atom. The smallest absolute Gasteiger partial charge is 0.251 e. The van der Waals surface area contributed by atoms with E-state index >= 15 is 0 Å². The van der Waals surface area contributed by atoms with Crippen LogP contribution in [0.25, 0.3) is 11.3 Å². The number of thiazole rings is 1. The molecule has 1 aromatic heterocycles. The quantitative estimate of drug-likeness (QED) is 0.680. The summed E-state index contributed by atoms with van der Waals surface area (Å²) in [7, 11) is 1.65. The number of nitrogens with one attached hydrogen (secondary N) is 1. The maximum Gasteiger partial charge on any atom is 0.251 e. The van der Waals surface area contributed by atoms with E-state index in [2.05, 4.69) is 39.9 Å². The summed E-state index contributed by atoms with van der Waals surface area (Å²) < 4.78 is 5.11. The molecule has 26 heavy (non-hydrogen) atoms. The zero-order chi connectivity index (χ0) is 18.4. The highest BCUT2D eigenvalue weighted by molar-refractivity contribution is 7.09. The third-order valence-corrected chi connectivity index (χ3v) is 4.84. The molecule has 4 nitrogen and oxygen atoms in total. The van der Waals surface area contributed by atoms with E-state index in [9.17, 15) is 4.79 Å². The van der Waals surface area contributed by atoms with Crippen molar-refractivity contribution in [3.63, 3.8) is 0 Å². The lowest BCUT2D eigenvalue weighted by Gasteiger charge is -2.07. The lowest BCUT2D eigenvalue weighted by molar-refractivity contribution is 0.0954. The number of carbonyl (C=O) groups is 1. The molecule has 0 spiro atoms. The summed E-state index contributed by atoms with van der Waals surface area (Å²) in [5.41, 5.74) is 4.98. The Bertz CT molecular complexity index is 872. The second-order valence-corrected chi connectivity index (χ2v) is 7.15. The van der Waals surface area contributed by atoms with Gasteiger partial charge in [0, 0.05) is 30.2 Å². The Morgan fingerprint density at radius 1 is 1.15 bits per heavy atom. The van der Waals surface area contributed by atoms with E-state index in [0.717, 1.165) is 28.2 Å². The first-order valence-electron chi connectivity index (χ1n) is 8.53. The van der Waals surface area contributed by atoms with Crippen LogP contribution in [0.4, 0.5) is 0 Å². The van der Waals surface area contributed by atoms with E-state index in [4.69, 9.17) is 4.74 Å². The van der Waals surface area contributed by atoms with Crippen LogP contribution in [-0.4, -0.2) is 24.5 Å². The highest BCUT2D eigenvalue weighted by atomic mass is 32.1. The van der Waals surface area contributed by atoms with E-state index in [1.807, 2.05) is 31.2 Å². The highest BCUT2D eigenvalue weighted by Crippen LogP contribution is 2.21. The van der Waals surface area contributed by atoms with Crippen LogP contribution in [0.2, 0.25) is 0 Å². The van der Waals surface area contributed by atoms with Crippen LogP contribution in [0.5, 0.6) is 0 Å². The fraction of sp³-hybridized carbons (Fsp3) is 0.238. The molecule has 5 heteroatoms. The largest absolute Gasteiger partial charge is 0.380 e. The maximum absolute atomic E-state index is 12.3. The van der Waals surface area contributed by atoms with Gasteiger partial charge in [-0.15, -0.1) is 11.3 Å². The Morgan fingerprint density at radius 2 is 1.96 bits per heavy atom. The topological polar surface area (TPSA) is 51.2 Å². The molecule has 0 aliphatic carbocycles. The van der Waals surface area contributed by atoms with Crippen LogP contribution in [-0.2, 0) is 17.8 Å². The zero-order valence-electron chi connectivity index (χ0n) is 15.0. The molecular weight excluding hydrogens is 344 g/mol. The number of aromatic nitrogens is 1. The van der Waals surface area contributed by atoms with Gasteiger partial charge in [0.15, 0.2) is 0 Å². The van der Waals surface area contributed by atoms with Crippen molar-refractivity contribution in [2.75, 3.05) is 13.7 Å². The number of aryl methyl sites for hydroxylation is 1. The molecule has 0 atom stereocenters. The molecule has 0 aliphatic rings. The molecule has 0 unspecified atom stereocenters. The standard InChI is InChI=1S/C21H22N2O2S/c1-15-23-20(14-26-15)18-8-6-16(7-9-18)10-11-22-21(24)19-5-3-4-17(12-19)13-25-2/h3-9,12,14H,10-11,13H2,1-2H3,(H,22,24). The fourth-order valence-electron chi connectivity index (χ4n) is 2.73. The average molecular weight is 366 g/mol. The molecule has 2 aromatic carbocycles. The first-order valence-corrected chi connectivity index (χ1v) is 9.41. The Balaban J connectivity index is 1.53. The van der Waals surface area contributed by atoms with Crippen molar-refractivity contribution in [3.8, 4) is 11.3 Å². The molecular formula is C21H22N2O2S. The Kier molecular flexibility index (Phi) is 6.15. The first-order chi connectivity index (χ1) is 12.7. The summed E-state index contributed by atoms with van der Waals surface area (Å²) in [5.74, 6) is -0.0579. The van der Waals surface area contributed by atoms with Gasteiger partial charge in [-0.1, -0.05) is 36.4 Å². The van der Waals surface area contributed by atoms with Gasteiger partial charge in [0.25, 0.3) is 5.91 Å². The van der Waals surface area contributed by atoms with Crippen molar-refractivity contribution in [1.82, 2.24) is 10.3 Å². The molecule has 0 saturated carbocycles. The summed E-state index contributed by atoms with van der Waals surface area (Å²) in [5, 5.41) is 6.12. The summed E-state index contributed by atoms with van der Waals surface area (Å²) in [6, 6.07) is 15.9.